The number of aliphatic hydroxyl groups is 1. The van der Waals surface area contributed by atoms with E-state index >= 15 is 0 Å². The number of pyridine rings is 1. The first-order chi connectivity index (χ1) is 15.4. The smallest absolute Gasteiger partial charge is 0.251 e. The van der Waals surface area contributed by atoms with Crippen molar-refractivity contribution in [2.75, 3.05) is 13.1 Å². The topological polar surface area (TPSA) is 65.8 Å². The first-order valence-electron chi connectivity index (χ1n) is 11.1. The number of phenolic OH excluding ortho intramolecular Hbond substituents is 1. The Kier molecular flexibility index (Phi) is 4.33. The molecule has 1 fully saturated rings. The number of hydrogen-bond donors (Lipinski definition) is 2. The maximum Gasteiger partial charge on any atom is 0.251 e. The van der Waals surface area contributed by atoms with Crippen molar-refractivity contribution in [3.63, 3.8) is 0 Å². The van der Waals surface area contributed by atoms with Gasteiger partial charge >= 0.3 is 0 Å². The fourth-order valence-electron chi connectivity index (χ4n) is 7.03. The van der Waals surface area contributed by atoms with Crippen molar-refractivity contribution in [3.05, 3.63) is 64.8 Å². The first-order valence-corrected chi connectivity index (χ1v) is 11.1. The van der Waals surface area contributed by atoms with Crippen LogP contribution in [0.5, 0.6) is 11.5 Å². The van der Waals surface area contributed by atoms with Gasteiger partial charge in [0.2, 0.25) is 0 Å². The molecule has 7 rings (SSSR count). The quantitative estimate of drug-likeness (QED) is 0.592. The largest absolute Gasteiger partial charge is 0.504 e. The summed E-state index contributed by atoms with van der Waals surface area (Å²) in [5.41, 5.74) is 2.19. The van der Waals surface area contributed by atoms with Crippen LogP contribution in [0.4, 0.5) is 8.78 Å². The van der Waals surface area contributed by atoms with E-state index in [1.807, 2.05) is 36.4 Å². The molecule has 2 bridgehead atoms. The highest BCUT2D eigenvalue weighted by Crippen LogP contribution is 2.68. The zero-order valence-electron chi connectivity index (χ0n) is 17.7. The number of phenols is 1. The third kappa shape index (κ3) is 2.45. The van der Waals surface area contributed by atoms with Gasteiger partial charge in [-0.05, 0) is 48.7 Å². The number of aromatic hydroxyl groups is 1. The summed E-state index contributed by atoms with van der Waals surface area (Å²) < 4.78 is 33.3. The maximum absolute atomic E-state index is 13.4. The molecule has 4 atom stereocenters. The Bertz CT molecular complexity index is 1300. The minimum atomic E-state index is -2.47. The minimum absolute atomic E-state index is 0. The van der Waals surface area contributed by atoms with Crippen molar-refractivity contribution < 1.29 is 23.7 Å². The third-order valence-corrected chi connectivity index (χ3v) is 8.24. The van der Waals surface area contributed by atoms with Crippen molar-refractivity contribution in [2.24, 2.45) is 0 Å². The van der Waals surface area contributed by atoms with E-state index < -0.39 is 29.6 Å². The lowest BCUT2D eigenvalue weighted by Crippen LogP contribution is -2.74. The fraction of sp³-hybridized carbons (Fsp3) is 0.400. The number of benzene rings is 2. The molecule has 0 unspecified atom stereocenters. The zero-order valence-corrected chi connectivity index (χ0v) is 18.5. The highest BCUT2D eigenvalue weighted by Gasteiger charge is 2.72. The van der Waals surface area contributed by atoms with E-state index in [0.717, 1.165) is 33.3 Å². The molecule has 4 aliphatic rings. The van der Waals surface area contributed by atoms with Gasteiger partial charge in [-0.1, -0.05) is 24.3 Å². The number of aromatic nitrogens is 1. The number of likely N-dealkylation sites (tertiary alicyclic amines) is 1. The monoisotopic (exact) mass is 472 g/mol. The summed E-state index contributed by atoms with van der Waals surface area (Å²) >= 11 is 0. The number of hydrogen-bond acceptors (Lipinski definition) is 5. The molecule has 5 nitrogen and oxygen atoms in total. The van der Waals surface area contributed by atoms with Gasteiger partial charge in [0.05, 0.1) is 28.8 Å². The molecule has 0 saturated carbocycles. The fourth-order valence-corrected chi connectivity index (χ4v) is 7.03. The molecule has 1 spiro atoms. The highest BCUT2D eigenvalue weighted by molar-refractivity contribution is 5.85. The number of alkyl halides is 2. The summed E-state index contributed by atoms with van der Waals surface area (Å²) in [5, 5.41) is 24.0. The van der Waals surface area contributed by atoms with Gasteiger partial charge in [0.25, 0.3) is 6.43 Å². The highest BCUT2D eigenvalue weighted by atomic mass is 35.5. The van der Waals surface area contributed by atoms with Crippen LogP contribution in [0.25, 0.3) is 10.9 Å². The summed E-state index contributed by atoms with van der Waals surface area (Å²) in [6.45, 7) is 0.0757. The lowest BCUT2D eigenvalue weighted by molar-refractivity contribution is -0.177. The van der Waals surface area contributed by atoms with Crippen LogP contribution in [-0.2, 0) is 18.3 Å². The summed E-state index contributed by atoms with van der Waals surface area (Å²) in [5.74, 6) is 0.458. The van der Waals surface area contributed by atoms with Crippen LogP contribution in [0.15, 0.2) is 42.5 Å². The van der Waals surface area contributed by atoms with E-state index in [0.29, 0.717) is 31.6 Å². The standard InChI is InChI=1S/C25H22F2N2O3.ClH/c26-19(27)12-29-8-7-24-20-14-5-6-17(30)22(20)32-23(24)21-15(11-25(24,31)18(29)10-14)9-13-3-1-2-4-16(13)28-21;/h1-6,9,18-19,23,30-31H,7-8,10-12H2;1H/t18-,23+,24+,25-;/m1./s1. The molecule has 172 valence electrons. The molecule has 3 heterocycles. The Hall–Kier alpha value is -2.48. The normalized spacial score (nSPS) is 31.0. The van der Waals surface area contributed by atoms with Crippen LogP contribution in [0.1, 0.15) is 34.9 Å². The zero-order chi connectivity index (χ0) is 21.8. The van der Waals surface area contributed by atoms with Crippen LogP contribution in [0.2, 0.25) is 0 Å². The van der Waals surface area contributed by atoms with Gasteiger partial charge in [-0.3, -0.25) is 4.90 Å². The van der Waals surface area contributed by atoms with Crippen molar-refractivity contribution in [3.8, 4) is 11.5 Å². The molecule has 3 aromatic rings. The van der Waals surface area contributed by atoms with Crippen molar-refractivity contribution in [1.29, 1.82) is 0 Å². The number of para-hydroxylation sites is 1. The van der Waals surface area contributed by atoms with Crippen molar-refractivity contribution in [2.45, 2.75) is 48.8 Å². The van der Waals surface area contributed by atoms with Gasteiger partial charge in [-0.25, -0.2) is 13.8 Å². The van der Waals surface area contributed by atoms with E-state index in [1.165, 1.54) is 0 Å². The molecule has 0 radical (unpaired) electrons. The first kappa shape index (κ1) is 21.1. The summed E-state index contributed by atoms with van der Waals surface area (Å²) in [6.07, 6.45) is -1.81. The Labute approximate surface area is 195 Å². The van der Waals surface area contributed by atoms with Crippen molar-refractivity contribution in [1.82, 2.24) is 9.88 Å². The summed E-state index contributed by atoms with van der Waals surface area (Å²) in [4.78, 5) is 6.70. The summed E-state index contributed by atoms with van der Waals surface area (Å²) in [7, 11) is 0. The number of rotatable bonds is 2. The van der Waals surface area contributed by atoms with Gasteiger partial charge in [0.1, 0.15) is 0 Å². The molecular weight excluding hydrogens is 450 g/mol. The maximum atomic E-state index is 13.4. The van der Waals surface area contributed by atoms with E-state index in [2.05, 4.69) is 0 Å². The predicted molar refractivity (Wildman–Crippen MR) is 120 cm³/mol. The molecule has 33 heavy (non-hydrogen) atoms. The Morgan fingerprint density at radius 1 is 1.18 bits per heavy atom. The Morgan fingerprint density at radius 2 is 2.00 bits per heavy atom. The second-order valence-electron chi connectivity index (χ2n) is 9.60. The van der Waals surface area contributed by atoms with Gasteiger partial charge in [-0.2, -0.15) is 0 Å². The van der Waals surface area contributed by atoms with Crippen LogP contribution in [0, 0.1) is 0 Å². The van der Waals surface area contributed by atoms with Crippen LogP contribution in [0.3, 0.4) is 0 Å². The SMILES string of the molecule is Cl.Oc1ccc2c3c1O[C@H]1c4nc5ccccc5cc4C[C@@]4(O)[C@@H](C2)N(CC(F)F)CC[C@]314. The number of halogens is 3. The van der Waals surface area contributed by atoms with Crippen LogP contribution in [-0.4, -0.2) is 51.3 Å². The molecule has 2 aliphatic heterocycles. The van der Waals surface area contributed by atoms with E-state index in [-0.39, 0.29) is 24.7 Å². The molecule has 2 aliphatic carbocycles. The van der Waals surface area contributed by atoms with E-state index in [9.17, 15) is 19.0 Å². The minimum Gasteiger partial charge on any atom is -0.504 e. The Morgan fingerprint density at radius 3 is 2.82 bits per heavy atom. The van der Waals surface area contributed by atoms with Gasteiger partial charge in [-0.15, -0.1) is 12.4 Å². The number of nitrogens with zero attached hydrogens (tertiary/aromatic N) is 2. The Balaban J connectivity index is 0.00000206. The van der Waals surface area contributed by atoms with Gasteiger partial charge in [0, 0.05) is 23.4 Å². The van der Waals surface area contributed by atoms with Crippen molar-refractivity contribution >= 4 is 23.3 Å². The molecule has 2 N–H and O–H groups in total. The van der Waals surface area contributed by atoms with Gasteiger partial charge < -0.3 is 14.9 Å². The average Bonchev–Trinajstić information content (AvgIpc) is 3.11. The molecular formula is C25H23ClF2N2O3. The molecule has 1 saturated heterocycles. The van der Waals surface area contributed by atoms with E-state index in [1.54, 1.807) is 11.0 Å². The molecule has 0 amide bonds. The molecule has 1 aromatic heterocycles. The van der Waals surface area contributed by atoms with Gasteiger partial charge in [0.15, 0.2) is 17.6 Å². The second kappa shape index (κ2) is 6.78. The summed E-state index contributed by atoms with van der Waals surface area (Å²) in [6, 6.07) is 12.9. The lowest BCUT2D eigenvalue weighted by atomic mass is 9.49. The second-order valence-corrected chi connectivity index (χ2v) is 9.60. The van der Waals surface area contributed by atoms with E-state index in [4.69, 9.17) is 9.72 Å². The lowest BCUT2D eigenvalue weighted by Gasteiger charge is -2.62. The third-order valence-electron chi connectivity index (χ3n) is 8.24. The predicted octanol–water partition coefficient (Wildman–Crippen LogP) is 3.92. The van der Waals surface area contributed by atoms with Crippen LogP contribution >= 0.6 is 12.4 Å². The van der Waals surface area contributed by atoms with Crippen LogP contribution < -0.4 is 4.74 Å². The number of piperidine rings is 1. The molecule has 2 aromatic carbocycles. The number of fused-ring (bicyclic) bond motifs is 3. The average molecular weight is 473 g/mol. The number of ether oxygens (including phenoxy) is 1. The molecule has 8 heteroatoms.